The largest absolute Gasteiger partial charge is 0.469 e. The Labute approximate surface area is 108 Å². The van der Waals surface area contributed by atoms with Crippen LogP contribution in [0.3, 0.4) is 0 Å². The average Bonchev–Trinajstić information content (AvgIpc) is 2.36. The predicted octanol–water partition coefficient (Wildman–Crippen LogP) is 2.02. The minimum absolute atomic E-state index is 0.0728. The van der Waals surface area contributed by atoms with Gasteiger partial charge < -0.3 is 9.47 Å². The van der Waals surface area contributed by atoms with Crippen LogP contribution >= 0.6 is 0 Å². The van der Waals surface area contributed by atoms with E-state index in [1.54, 1.807) is 0 Å². The van der Waals surface area contributed by atoms with Gasteiger partial charge in [0.15, 0.2) is 0 Å². The summed E-state index contributed by atoms with van der Waals surface area (Å²) < 4.78 is 8.94. The molecule has 0 amide bonds. The molecule has 0 rings (SSSR count). The molecule has 0 saturated carbocycles. The maximum absolute atomic E-state index is 11.3. The minimum Gasteiger partial charge on any atom is -0.469 e. The molecule has 0 heterocycles. The lowest BCUT2D eigenvalue weighted by Crippen LogP contribution is -2.08. The van der Waals surface area contributed by atoms with Gasteiger partial charge >= 0.3 is 11.9 Å². The van der Waals surface area contributed by atoms with Gasteiger partial charge in [0.05, 0.1) is 14.2 Å². The Balaban J connectivity index is 3.32. The van der Waals surface area contributed by atoms with Crippen molar-refractivity contribution in [3.63, 3.8) is 0 Å². The van der Waals surface area contributed by atoms with Gasteiger partial charge in [-0.25, -0.2) is 0 Å². The number of ketones is 1. The molecule has 0 aliphatic carbocycles. The van der Waals surface area contributed by atoms with Crippen molar-refractivity contribution in [2.45, 2.75) is 51.4 Å². The Morgan fingerprint density at radius 2 is 1.22 bits per heavy atom. The number of methoxy groups -OCH3 is 2. The summed E-state index contributed by atoms with van der Waals surface area (Å²) in [7, 11) is 2.66. The van der Waals surface area contributed by atoms with Crippen LogP contribution in [0.2, 0.25) is 0 Å². The van der Waals surface area contributed by atoms with Crippen LogP contribution in [0.25, 0.3) is 0 Å². The van der Waals surface area contributed by atoms with E-state index in [-0.39, 0.29) is 18.2 Å². The molecule has 0 aromatic carbocycles. The summed E-state index contributed by atoms with van der Waals surface area (Å²) in [4.78, 5) is 32.9. The second-order valence-corrected chi connectivity index (χ2v) is 4.14. The molecular weight excluding hydrogens is 236 g/mol. The van der Waals surface area contributed by atoms with Crippen molar-refractivity contribution >= 4 is 17.7 Å². The average molecular weight is 258 g/mol. The third-order valence-electron chi connectivity index (χ3n) is 2.63. The van der Waals surface area contributed by atoms with Crippen LogP contribution in [0.15, 0.2) is 0 Å². The van der Waals surface area contributed by atoms with E-state index in [0.29, 0.717) is 12.8 Å². The first kappa shape index (κ1) is 16.6. The number of rotatable bonds is 10. The molecule has 0 saturated heterocycles. The molecule has 0 spiro atoms. The summed E-state index contributed by atoms with van der Waals surface area (Å²) in [5.74, 6) is -0.724. The van der Waals surface area contributed by atoms with E-state index in [0.717, 1.165) is 32.1 Å². The van der Waals surface area contributed by atoms with Gasteiger partial charge in [-0.2, -0.15) is 0 Å². The van der Waals surface area contributed by atoms with E-state index >= 15 is 0 Å². The molecule has 0 N–H and O–H groups in total. The van der Waals surface area contributed by atoms with Crippen molar-refractivity contribution in [3.8, 4) is 0 Å². The zero-order chi connectivity index (χ0) is 13.8. The van der Waals surface area contributed by atoms with E-state index in [1.807, 2.05) is 0 Å². The topological polar surface area (TPSA) is 69.7 Å². The standard InChI is InChI=1S/C13H22O5/c1-17-12(15)9-7-5-3-4-6-8-11(14)10-13(16)18-2/h3-10H2,1-2H3. The van der Waals surface area contributed by atoms with Crippen molar-refractivity contribution in [1.82, 2.24) is 0 Å². The maximum atomic E-state index is 11.3. The van der Waals surface area contributed by atoms with Crippen molar-refractivity contribution in [3.05, 3.63) is 0 Å². The van der Waals surface area contributed by atoms with E-state index in [2.05, 4.69) is 9.47 Å². The van der Waals surface area contributed by atoms with E-state index in [1.165, 1.54) is 14.2 Å². The molecular formula is C13H22O5. The molecule has 18 heavy (non-hydrogen) atoms. The number of Topliss-reactive ketones (excluding diaryl/α,β-unsaturated/α-hetero) is 1. The second-order valence-electron chi connectivity index (χ2n) is 4.14. The Hall–Kier alpha value is -1.39. The molecule has 5 nitrogen and oxygen atoms in total. The van der Waals surface area contributed by atoms with Crippen LogP contribution in [0.5, 0.6) is 0 Å². The maximum Gasteiger partial charge on any atom is 0.313 e. The highest BCUT2D eigenvalue weighted by molar-refractivity contribution is 5.95. The van der Waals surface area contributed by atoms with Crippen LogP contribution in [-0.2, 0) is 23.9 Å². The van der Waals surface area contributed by atoms with E-state index in [9.17, 15) is 14.4 Å². The first-order valence-electron chi connectivity index (χ1n) is 6.25. The highest BCUT2D eigenvalue weighted by Gasteiger charge is 2.08. The molecule has 0 radical (unpaired) electrons. The SMILES string of the molecule is COC(=O)CCCCCCCC(=O)CC(=O)OC. The lowest BCUT2D eigenvalue weighted by molar-refractivity contribution is -0.143. The van der Waals surface area contributed by atoms with Crippen LogP contribution in [0, 0.1) is 0 Å². The Bertz CT molecular complexity index is 273. The van der Waals surface area contributed by atoms with Gasteiger partial charge in [0, 0.05) is 12.8 Å². The van der Waals surface area contributed by atoms with Crippen LogP contribution in [0.4, 0.5) is 0 Å². The third kappa shape index (κ3) is 9.81. The number of hydrogen-bond acceptors (Lipinski definition) is 5. The van der Waals surface area contributed by atoms with Crippen molar-refractivity contribution in [2.75, 3.05) is 14.2 Å². The smallest absolute Gasteiger partial charge is 0.313 e. The monoisotopic (exact) mass is 258 g/mol. The van der Waals surface area contributed by atoms with Gasteiger partial charge in [0.1, 0.15) is 12.2 Å². The molecule has 0 fully saturated rings. The molecule has 0 unspecified atom stereocenters. The Kier molecular flexibility index (Phi) is 9.91. The van der Waals surface area contributed by atoms with E-state index in [4.69, 9.17) is 0 Å². The zero-order valence-corrected chi connectivity index (χ0v) is 11.2. The molecule has 0 bridgehead atoms. The Morgan fingerprint density at radius 1 is 0.722 bits per heavy atom. The summed E-state index contributed by atoms with van der Waals surface area (Å²) in [5, 5.41) is 0. The van der Waals surface area contributed by atoms with Gasteiger partial charge in [0.2, 0.25) is 0 Å². The third-order valence-corrected chi connectivity index (χ3v) is 2.63. The fourth-order valence-electron chi connectivity index (χ4n) is 1.55. The number of carbonyl (C=O) groups is 3. The van der Waals surface area contributed by atoms with Gasteiger partial charge in [-0.15, -0.1) is 0 Å². The second kappa shape index (κ2) is 10.7. The number of carbonyl (C=O) groups excluding carboxylic acids is 3. The van der Waals surface area contributed by atoms with Crippen molar-refractivity contribution in [1.29, 1.82) is 0 Å². The number of unbranched alkanes of at least 4 members (excludes halogenated alkanes) is 4. The summed E-state index contributed by atoms with van der Waals surface area (Å²) in [5.41, 5.74) is 0. The number of ether oxygens (including phenoxy) is 2. The molecule has 104 valence electrons. The van der Waals surface area contributed by atoms with Gasteiger partial charge in [-0.1, -0.05) is 19.3 Å². The summed E-state index contributed by atoms with van der Waals surface area (Å²) in [6.45, 7) is 0. The molecule has 0 aromatic rings. The normalized spacial score (nSPS) is 9.89. The van der Waals surface area contributed by atoms with Gasteiger partial charge in [0.25, 0.3) is 0 Å². The number of hydrogen-bond donors (Lipinski definition) is 0. The Morgan fingerprint density at radius 3 is 1.78 bits per heavy atom. The predicted molar refractivity (Wildman–Crippen MR) is 66.0 cm³/mol. The molecule has 0 aliphatic heterocycles. The lowest BCUT2D eigenvalue weighted by Gasteiger charge is -2.01. The highest BCUT2D eigenvalue weighted by atomic mass is 16.5. The van der Waals surface area contributed by atoms with E-state index < -0.39 is 5.97 Å². The fourth-order valence-corrected chi connectivity index (χ4v) is 1.55. The van der Waals surface area contributed by atoms with Gasteiger partial charge in [-0.05, 0) is 12.8 Å². The molecule has 5 heteroatoms. The first-order valence-corrected chi connectivity index (χ1v) is 6.25. The lowest BCUT2D eigenvalue weighted by atomic mass is 10.1. The molecule has 0 aromatic heterocycles. The summed E-state index contributed by atoms with van der Waals surface area (Å²) in [6, 6.07) is 0. The quantitative estimate of drug-likeness (QED) is 0.340. The van der Waals surface area contributed by atoms with Crippen LogP contribution in [0.1, 0.15) is 51.4 Å². The molecule has 0 atom stereocenters. The summed E-state index contributed by atoms with van der Waals surface area (Å²) >= 11 is 0. The van der Waals surface area contributed by atoms with Crippen molar-refractivity contribution < 1.29 is 23.9 Å². The zero-order valence-electron chi connectivity index (χ0n) is 11.2. The molecule has 0 aliphatic rings. The number of esters is 2. The van der Waals surface area contributed by atoms with Crippen LogP contribution in [-0.4, -0.2) is 31.9 Å². The highest BCUT2D eigenvalue weighted by Crippen LogP contribution is 2.08. The van der Waals surface area contributed by atoms with Crippen molar-refractivity contribution in [2.24, 2.45) is 0 Å². The van der Waals surface area contributed by atoms with Gasteiger partial charge in [-0.3, -0.25) is 14.4 Å². The summed E-state index contributed by atoms with van der Waals surface area (Å²) in [6.07, 6.45) is 5.25. The fraction of sp³-hybridized carbons (Fsp3) is 0.769. The minimum atomic E-state index is -0.474. The van der Waals surface area contributed by atoms with Crippen LogP contribution < -0.4 is 0 Å². The first-order chi connectivity index (χ1) is 8.60.